The van der Waals surface area contributed by atoms with E-state index in [1.54, 1.807) is 7.11 Å². The van der Waals surface area contributed by atoms with Gasteiger partial charge in [0, 0.05) is 6.54 Å². The highest BCUT2D eigenvalue weighted by molar-refractivity contribution is 5.84. The van der Waals surface area contributed by atoms with E-state index in [9.17, 15) is 4.79 Å². The van der Waals surface area contributed by atoms with Gasteiger partial charge in [-0.25, -0.2) is 0 Å². The summed E-state index contributed by atoms with van der Waals surface area (Å²) in [5, 5.41) is 6.09. The number of amides is 1. The first kappa shape index (κ1) is 15.3. The summed E-state index contributed by atoms with van der Waals surface area (Å²) in [6, 6.07) is 7.29. The van der Waals surface area contributed by atoms with E-state index in [4.69, 9.17) is 4.74 Å². The lowest BCUT2D eigenvalue weighted by atomic mass is 10.1. The SMILES string of the molecule is COc1ccccc1NC(C)C(=O)NCCC(C)C. The Morgan fingerprint density at radius 2 is 1.95 bits per heavy atom. The number of hydrogen-bond acceptors (Lipinski definition) is 3. The lowest BCUT2D eigenvalue weighted by Gasteiger charge is -2.17. The standard InChI is InChI=1S/C15H24N2O2/c1-11(2)9-10-16-15(18)12(3)17-13-7-5-6-8-14(13)19-4/h5-8,11-12,17H,9-10H2,1-4H3,(H,16,18). The Balaban J connectivity index is 2.49. The van der Waals surface area contributed by atoms with Crippen molar-refractivity contribution in [3.8, 4) is 5.75 Å². The van der Waals surface area contributed by atoms with Crippen LogP contribution in [-0.4, -0.2) is 25.6 Å². The number of carbonyl (C=O) groups excluding carboxylic acids is 1. The molecule has 0 spiro atoms. The fourth-order valence-corrected chi connectivity index (χ4v) is 1.70. The van der Waals surface area contributed by atoms with Gasteiger partial charge in [0.25, 0.3) is 0 Å². The summed E-state index contributed by atoms with van der Waals surface area (Å²) in [6.45, 7) is 6.84. The maximum atomic E-state index is 11.9. The molecule has 0 aliphatic heterocycles. The number of nitrogens with one attached hydrogen (secondary N) is 2. The average Bonchev–Trinajstić information content (AvgIpc) is 2.38. The topological polar surface area (TPSA) is 50.4 Å². The quantitative estimate of drug-likeness (QED) is 0.796. The highest BCUT2D eigenvalue weighted by Crippen LogP contribution is 2.23. The van der Waals surface area contributed by atoms with Gasteiger partial charge in [-0.3, -0.25) is 4.79 Å². The second-order valence-electron chi connectivity index (χ2n) is 5.04. The lowest BCUT2D eigenvalue weighted by molar-refractivity contribution is -0.121. The van der Waals surface area contributed by atoms with Crippen molar-refractivity contribution in [3.05, 3.63) is 24.3 Å². The molecule has 0 fully saturated rings. The van der Waals surface area contributed by atoms with Gasteiger partial charge in [-0.05, 0) is 31.4 Å². The van der Waals surface area contributed by atoms with Crippen LogP contribution in [0.4, 0.5) is 5.69 Å². The molecule has 1 aromatic rings. The van der Waals surface area contributed by atoms with Gasteiger partial charge in [0.2, 0.25) is 5.91 Å². The zero-order valence-corrected chi connectivity index (χ0v) is 12.2. The third-order valence-electron chi connectivity index (χ3n) is 2.89. The number of hydrogen-bond donors (Lipinski definition) is 2. The Labute approximate surface area is 115 Å². The molecule has 1 atom stereocenters. The van der Waals surface area contributed by atoms with E-state index in [1.165, 1.54) is 0 Å². The Morgan fingerprint density at radius 3 is 2.58 bits per heavy atom. The summed E-state index contributed by atoms with van der Waals surface area (Å²) < 4.78 is 5.24. The zero-order valence-electron chi connectivity index (χ0n) is 12.2. The van der Waals surface area contributed by atoms with Gasteiger partial charge < -0.3 is 15.4 Å². The van der Waals surface area contributed by atoms with Crippen molar-refractivity contribution in [2.45, 2.75) is 33.2 Å². The van der Waals surface area contributed by atoms with Crippen LogP contribution in [0.3, 0.4) is 0 Å². The highest BCUT2D eigenvalue weighted by atomic mass is 16.5. The van der Waals surface area contributed by atoms with Gasteiger partial charge in [0.1, 0.15) is 11.8 Å². The molecule has 1 aromatic carbocycles. The molecule has 4 nitrogen and oxygen atoms in total. The van der Waals surface area contributed by atoms with Crippen molar-refractivity contribution in [1.29, 1.82) is 0 Å². The van der Waals surface area contributed by atoms with Gasteiger partial charge in [0.05, 0.1) is 12.8 Å². The maximum absolute atomic E-state index is 11.9. The van der Waals surface area contributed by atoms with Gasteiger partial charge in [-0.2, -0.15) is 0 Å². The molecule has 0 aliphatic rings. The molecule has 1 unspecified atom stereocenters. The molecular formula is C15H24N2O2. The molecule has 0 saturated heterocycles. The highest BCUT2D eigenvalue weighted by Gasteiger charge is 2.13. The van der Waals surface area contributed by atoms with Crippen LogP contribution < -0.4 is 15.4 Å². The normalized spacial score (nSPS) is 12.1. The van der Waals surface area contributed by atoms with Crippen LogP contribution in [-0.2, 0) is 4.79 Å². The molecule has 0 radical (unpaired) electrons. The number of benzene rings is 1. The van der Waals surface area contributed by atoms with E-state index in [-0.39, 0.29) is 11.9 Å². The first-order chi connectivity index (χ1) is 9.04. The third-order valence-corrected chi connectivity index (χ3v) is 2.89. The van der Waals surface area contributed by atoms with Crippen molar-refractivity contribution in [1.82, 2.24) is 5.32 Å². The number of ether oxygens (including phenoxy) is 1. The van der Waals surface area contributed by atoms with Crippen LogP contribution in [0.2, 0.25) is 0 Å². The molecule has 106 valence electrons. The summed E-state index contributed by atoms with van der Waals surface area (Å²) >= 11 is 0. The molecule has 0 heterocycles. The predicted octanol–water partition coefficient (Wildman–Crippen LogP) is 2.66. The van der Waals surface area contributed by atoms with Crippen LogP contribution in [0.15, 0.2) is 24.3 Å². The number of rotatable bonds is 7. The fourth-order valence-electron chi connectivity index (χ4n) is 1.70. The molecule has 0 aliphatic carbocycles. The Hall–Kier alpha value is -1.71. The molecule has 1 rings (SSSR count). The summed E-state index contributed by atoms with van der Waals surface area (Å²) in [5.74, 6) is 1.34. The number of para-hydroxylation sites is 2. The molecular weight excluding hydrogens is 240 g/mol. The van der Waals surface area contributed by atoms with Crippen LogP contribution in [0.5, 0.6) is 5.75 Å². The average molecular weight is 264 g/mol. The summed E-state index contributed by atoms with van der Waals surface area (Å²) in [5.41, 5.74) is 0.830. The minimum absolute atomic E-state index is 0.00607. The first-order valence-electron chi connectivity index (χ1n) is 6.72. The fraction of sp³-hybridized carbons (Fsp3) is 0.533. The summed E-state index contributed by atoms with van der Waals surface area (Å²) in [6.07, 6.45) is 0.993. The number of methoxy groups -OCH3 is 1. The van der Waals surface area contributed by atoms with Crippen LogP contribution in [0, 0.1) is 5.92 Å². The first-order valence-corrected chi connectivity index (χ1v) is 6.72. The maximum Gasteiger partial charge on any atom is 0.242 e. The van der Waals surface area contributed by atoms with Gasteiger partial charge in [-0.15, -0.1) is 0 Å². The minimum atomic E-state index is -0.288. The van der Waals surface area contributed by atoms with E-state index in [0.717, 1.165) is 17.9 Å². The van der Waals surface area contributed by atoms with Crippen molar-refractivity contribution >= 4 is 11.6 Å². The Kier molecular flexibility index (Phi) is 6.19. The number of anilines is 1. The van der Waals surface area contributed by atoms with E-state index < -0.39 is 0 Å². The van der Waals surface area contributed by atoms with E-state index in [2.05, 4.69) is 24.5 Å². The third kappa shape index (κ3) is 5.20. The van der Waals surface area contributed by atoms with Crippen molar-refractivity contribution in [2.24, 2.45) is 5.92 Å². The molecule has 4 heteroatoms. The van der Waals surface area contributed by atoms with Gasteiger partial charge in [-0.1, -0.05) is 26.0 Å². The molecule has 2 N–H and O–H groups in total. The van der Waals surface area contributed by atoms with Gasteiger partial charge >= 0.3 is 0 Å². The van der Waals surface area contributed by atoms with E-state index in [1.807, 2.05) is 31.2 Å². The molecule has 1 amide bonds. The second kappa shape index (κ2) is 7.67. The molecule has 19 heavy (non-hydrogen) atoms. The van der Waals surface area contributed by atoms with E-state index >= 15 is 0 Å². The minimum Gasteiger partial charge on any atom is -0.495 e. The summed E-state index contributed by atoms with van der Waals surface area (Å²) in [4.78, 5) is 11.9. The van der Waals surface area contributed by atoms with E-state index in [0.29, 0.717) is 12.5 Å². The van der Waals surface area contributed by atoms with Crippen LogP contribution >= 0.6 is 0 Å². The van der Waals surface area contributed by atoms with Crippen LogP contribution in [0.1, 0.15) is 27.2 Å². The molecule has 0 saturated carbocycles. The summed E-state index contributed by atoms with van der Waals surface area (Å²) in [7, 11) is 1.62. The predicted molar refractivity (Wildman–Crippen MR) is 78.5 cm³/mol. The molecule has 0 bridgehead atoms. The Morgan fingerprint density at radius 1 is 1.26 bits per heavy atom. The largest absolute Gasteiger partial charge is 0.495 e. The monoisotopic (exact) mass is 264 g/mol. The van der Waals surface area contributed by atoms with Crippen molar-refractivity contribution in [3.63, 3.8) is 0 Å². The van der Waals surface area contributed by atoms with Crippen LogP contribution in [0.25, 0.3) is 0 Å². The van der Waals surface area contributed by atoms with Crippen molar-refractivity contribution < 1.29 is 9.53 Å². The molecule has 0 aromatic heterocycles. The lowest BCUT2D eigenvalue weighted by Crippen LogP contribution is -2.38. The zero-order chi connectivity index (χ0) is 14.3. The smallest absolute Gasteiger partial charge is 0.242 e. The van der Waals surface area contributed by atoms with Gasteiger partial charge in [0.15, 0.2) is 0 Å². The Bertz CT molecular complexity index is 405. The second-order valence-corrected chi connectivity index (χ2v) is 5.04. The van der Waals surface area contributed by atoms with Crippen molar-refractivity contribution in [2.75, 3.05) is 19.0 Å². The number of carbonyl (C=O) groups is 1.